The highest BCUT2D eigenvalue weighted by Gasteiger charge is 2.04. The lowest BCUT2D eigenvalue weighted by atomic mass is 10.1. The first-order chi connectivity index (χ1) is 8.19. The number of benzene rings is 1. The van der Waals surface area contributed by atoms with E-state index >= 15 is 0 Å². The predicted octanol–water partition coefficient (Wildman–Crippen LogP) is 3.21. The second kappa shape index (κ2) is 4.98. The Hall–Kier alpha value is -1.86. The van der Waals surface area contributed by atoms with E-state index < -0.39 is 0 Å². The minimum Gasteiger partial charge on any atom is -0.487 e. The van der Waals surface area contributed by atoms with Crippen LogP contribution in [0.4, 0.5) is 0 Å². The summed E-state index contributed by atoms with van der Waals surface area (Å²) in [5.41, 5.74) is 2.56. The van der Waals surface area contributed by atoms with E-state index in [2.05, 4.69) is 11.1 Å². The Kier molecular flexibility index (Phi) is 3.40. The van der Waals surface area contributed by atoms with Crippen molar-refractivity contribution < 1.29 is 4.74 Å². The van der Waals surface area contributed by atoms with E-state index in [1.165, 1.54) is 0 Å². The topological polar surface area (TPSA) is 45.9 Å². The van der Waals surface area contributed by atoms with Crippen LogP contribution in [-0.4, -0.2) is 4.98 Å². The molecule has 3 nitrogen and oxygen atoms in total. The lowest BCUT2D eigenvalue weighted by molar-refractivity contribution is 0.300. The van der Waals surface area contributed by atoms with Gasteiger partial charge in [-0.05, 0) is 31.5 Å². The number of nitriles is 1. The Morgan fingerprint density at radius 2 is 2.24 bits per heavy atom. The van der Waals surface area contributed by atoms with Crippen LogP contribution in [0.25, 0.3) is 0 Å². The summed E-state index contributed by atoms with van der Waals surface area (Å²) < 4.78 is 5.67. The molecule has 1 aromatic heterocycles. The summed E-state index contributed by atoms with van der Waals surface area (Å²) in [5.74, 6) is 0.745. The number of thiazole rings is 1. The van der Waals surface area contributed by atoms with E-state index in [1.807, 2.05) is 25.3 Å². The molecule has 0 fully saturated rings. The molecule has 0 saturated carbocycles. The molecule has 86 valence electrons. The van der Waals surface area contributed by atoms with E-state index in [-0.39, 0.29) is 0 Å². The van der Waals surface area contributed by atoms with E-state index in [4.69, 9.17) is 10.00 Å². The van der Waals surface area contributed by atoms with Gasteiger partial charge in [-0.3, -0.25) is 0 Å². The lowest BCUT2D eigenvalue weighted by Gasteiger charge is -2.07. The van der Waals surface area contributed by atoms with Gasteiger partial charge in [0.05, 0.1) is 22.3 Å². The first-order valence-electron chi connectivity index (χ1n) is 5.23. The molecule has 2 aromatic rings. The standard InChI is InChI=1S/C13H12N2OS/c1-9-3-4-11(6-14)5-13(9)16-7-12-8-17-10(2)15-12/h3-5,8H,7H2,1-2H3. The van der Waals surface area contributed by atoms with E-state index in [0.717, 1.165) is 22.0 Å². The number of hydrogen-bond acceptors (Lipinski definition) is 4. The van der Waals surface area contributed by atoms with Crippen molar-refractivity contribution in [2.24, 2.45) is 0 Å². The highest BCUT2D eigenvalue weighted by molar-refractivity contribution is 7.09. The number of nitrogens with zero attached hydrogens (tertiary/aromatic N) is 2. The van der Waals surface area contributed by atoms with Crippen LogP contribution in [0.3, 0.4) is 0 Å². The van der Waals surface area contributed by atoms with Crippen molar-refractivity contribution in [3.63, 3.8) is 0 Å². The lowest BCUT2D eigenvalue weighted by Crippen LogP contribution is -1.97. The molecule has 17 heavy (non-hydrogen) atoms. The Labute approximate surface area is 104 Å². The third-order valence-electron chi connectivity index (χ3n) is 2.36. The molecule has 0 aliphatic rings. The third-order valence-corrected chi connectivity index (χ3v) is 3.18. The third kappa shape index (κ3) is 2.83. The zero-order chi connectivity index (χ0) is 12.3. The fourth-order valence-electron chi connectivity index (χ4n) is 1.45. The van der Waals surface area contributed by atoms with E-state index in [0.29, 0.717) is 12.2 Å². The van der Waals surface area contributed by atoms with Crippen molar-refractivity contribution in [3.05, 3.63) is 45.4 Å². The molecule has 0 aliphatic heterocycles. The molecule has 0 bridgehead atoms. The zero-order valence-corrected chi connectivity index (χ0v) is 10.5. The molecule has 0 aliphatic carbocycles. The van der Waals surface area contributed by atoms with Gasteiger partial charge in [-0.25, -0.2) is 4.98 Å². The summed E-state index contributed by atoms with van der Waals surface area (Å²) in [6, 6.07) is 7.54. The minimum absolute atomic E-state index is 0.445. The fourth-order valence-corrected chi connectivity index (χ4v) is 2.05. The second-order valence-corrected chi connectivity index (χ2v) is 4.80. The smallest absolute Gasteiger partial charge is 0.131 e. The molecule has 1 aromatic carbocycles. The maximum absolute atomic E-state index is 8.83. The Bertz CT molecular complexity index is 569. The molecular formula is C13H12N2OS. The van der Waals surface area contributed by atoms with Crippen LogP contribution < -0.4 is 4.74 Å². The molecule has 0 atom stereocenters. The largest absolute Gasteiger partial charge is 0.487 e. The van der Waals surface area contributed by atoms with Crippen molar-refractivity contribution >= 4 is 11.3 Å². The number of aromatic nitrogens is 1. The van der Waals surface area contributed by atoms with Gasteiger partial charge in [0.25, 0.3) is 0 Å². The molecule has 0 amide bonds. The fraction of sp³-hybridized carbons (Fsp3) is 0.231. The number of aryl methyl sites for hydroxylation is 2. The maximum Gasteiger partial charge on any atom is 0.131 e. The highest BCUT2D eigenvalue weighted by atomic mass is 32.1. The second-order valence-electron chi connectivity index (χ2n) is 3.74. The average molecular weight is 244 g/mol. The van der Waals surface area contributed by atoms with Gasteiger partial charge in [-0.15, -0.1) is 11.3 Å². The summed E-state index contributed by atoms with van der Waals surface area (Å²) in [4.78, 5) is 4.33. The van der Waals surface area contributed by atoms with Crippen molar-refractivity contribution in [3.8, 4) is 11.8 Å². The molecule has 0 saturated heterocycles. The SMILES string of the molecule is Cc1nc(COc2cc(C#N)ccc2C)cs1. The van der Waals surface area contributed by atoms with Crippen LogP contribution in [0.5, 0.6) is 5.75 Å². The summed E-state index contributed by atoms with van der Waals surface area (Å²) in [5, 5.41) is 11.8. The van der Waals surface area contributed by atoms with Crippen molar-refractivity contribution in [1.82, 2.24) is 4.98 Å². The molecule has 0 spiro atoms. The molecule has 2 rings (SSSR count). The normalized spacial score (nSPS) is 9.94. The molecule has 4 heteroatoms. The molecule has 0 unspecified atom stereocenters. The molecule has 0 N–H and O–H groups in total. The first kappa shape index (κ1) is 11.6. The Morgan fingerprint density at radius 3 is 2.88 bits per heavy atom. The number of hydrogen-bond donors (Lipinski definition) is 0. The van der Waals surface area contributed by atoms with E-state index in [1.54, 1.807) is 23.5 Å². The van der Waals surface area contributed by atoms with Gasteiger partial charge in [0, 0.05) is 5.38 Å². The van der Waals surface area contributed by atoms with Crippen LogP contribution in [0.15, 0.2) is 23.6 Å². The minimum atomic E-state index is 0.445. The summed E-state index contributed by atoms with van der Waals surface area (Å²) >= 11 is 1.61. The van der Waals surface area contributed by atoms with E-state index in [9.17, 15) is 0 Å². The van der Waals surface area contributed by atoms with Gasteiger partial charge >= 0.3 is 0 Å². The van der Waals surface area contributed by atoms with Gasteiger partial charge < -0.3 is 4.74 Å². The summed E-state index contributed by atoms with van der Waals surface area (Å²) in [7, 11) is 0. The monoisotopic (exact) mass is 244 g/mol. The zero-order valence-electron chi connectivity index (χ0n) is 9.73. The van der Waals surface area contributed by atoms with Crippen molar-refractivity contribution in [2.45, 2.75) is 20.5 Å². The Balaban J connectivity index is 2.11. The van der Waals surface area contributed by atoms with Gasteiger partial charge in [0.2, 0.25) is 0 Å². The van der Waals surface area contributed by atoms with Crippen molar-refractivity contribution in [1.29, 1.82) is 5.26 Å². The van der Waals surface area contributed by atoms with Gasteiger partial charge in [-0.2, -0.15) is 5.26 Å². The van der Waals surface area contributed by atoms with Crippen LogP contribution in [0.1, 0.15) is 21.8 Å². The average Bonchev–Trinajstić information content (AvgIpc) is 2.74. The number of rotatable bonds is 3. The summed E-state index contributed by atoms with van der Waals surface area (Å²) in [6.07, 6.45) is 0. The van der Waals surface area contributed by atoms with Crippen LogP contribution in [-0.2, 0) is 6.61 Å². The molecule has 1 heterocycles. The predicted molar refractivity (Wildman–Crippen MR) is 67.1 cm³/mol. The van der Waals surface area contributed by atoms with Gasteiger partial charge in [-0.1, -0.05) is 6.07 Å². The summed E-state index contributed by atoms with van der Waals surface area (Å²) in [6.45, 7) is 4.37. The van der Waals surface area contributed by atoms with Crippen molar-refractivity contribution in [2.75, 3.05) is 0 Å². The van der Waals surface area contributed by atoms with Crippen LogP contribution in [0, 0.1) is 25.2 Å². The number of ether oxygens (including phenoxy) is 1. The first-order valence-corrected chi connectivity index (χ1v) is 6.11. The molecule has 0 radical (unpaired) electrons. The molecular weight excluding hydrogens is 232 g/mol. The van der Waals surface area contributed by atoms with Crippen LogP contribution in [0.2, 0.25) is 0 Å². The Morgan fingerprint density at radius 1 is 1.41 bits per heavy atom. The van der Waals surface area contributed by atoms with Gasteiger partial charge in [0.15, 0.2) is 0 Å². The van der Waals surface area contributed by atoms with Crippen LogP contribution >= 0.6 is 11.3 Å². The quantitative estimate of drug-likeness (QED) is 0.832. The maximum atomic E-state index is 8.83. The highest BCUT2D eigenvalue weighted by Crippen LogP contribution is 2.20. The van der Waals surface area contributed by atoms with Gasteiger partial charge in [0.1, 0.15) is 12.4 Å².